The molecule has 0 aromatic heterocycles. The highest BCUT2D eigenvalue weighted by Crippen LogP contribution is 1.94. The molecule has 0 aromatic rings. The third-order valence-corrected chi connectivity index (χ3v) is 4.49. The first-order chi connectivity index (χ1) is 14.9. The van der Waals surface area contributed by atoms with E-state index in [9.17, 15) is 0 Å². The molecule has 12 heteroatoms. The van der Waals surface area contributed by atoms with E-state index in [0.717, 1.165) is 0 Å². The summed E-state index contributed by atoms with van der Waals surface area (Å²) in [6, 6.07) is -1.89. The fourth-order valence-electron chi connectivity index (χ4n) is 1.70. The quantitative estimate of drug-likeness (QED) is 0.130. The van der Waals surface area contributed by atoms with Crippen molar-refractivity contribution < 1.29 is 40.9 Å². The second-order valence-corrected chi connectivity index (χ2v) is 7.29. The molecule has 0 fully saturated rings. The van der Waals surface area contributed by atoms with Crippen molar-refractivity contribution >= 4 is 0 Å². The van der Waals surface area contributed by atoms with Crippen molar-refractivity contribution in [1.29, 1.82) is 0 Å². The molecule has 0 radical (unpaired) electrons. The topological polar surface area (TPSA) is 266 Å². The first kappa shape index (κ1) is 38.8. The SMILES string of the molecule is CC[C@@H](O)[C@@H](N)CO.CC[C@@H](O)[C@H](N)CO.CC[C@H](O)[C@@H](N)CO.CC[C@H](O)[C@H](N)CO. The molecule has 0 rings (SSSR count). The number of rotatable bonds is 12. The molecule has 8 atom stereocenters. The summed E-state index contributed by atoms with van der Waals surface area (Å²) in [5.74, 6) is 0. The molecule has 0 saturated heterocycles. The Morgan fingerprint density at radius 1 is 0.406 bits per heavy atom. The summed E-state index contributed by atoms with van der Waals surface area (Å²) < 4.78 is 0. The third-order valence-electron chi connectivity index (χ3n) is 4.49. The minimum absolute atomic E-state index is 0.144. The molecule has 200 valence electrons. The van der Waals surface area contributed by atoms with Crippen LogP contribution in [0.3, 0.4) is 0 Å². The largest absolute Gasteiger partial charge is 0.395 e. The Morgan fingerprint density at radius 2 is 0.531 bits per heavy atom. The van der Waals surface area contributed by atoms with E-state index < -0.39 is 48.6 Å². The molecule has 0 aromatic carbocycles. The smallest absolute Gasteiger partial charge is 0.0710 e. The van der Waals surface area contributed by atoms with Crippen LogP contribution in [0.25, 0.3) is 0 Å². The molecule has 0 aliphatic heterocycles. The molecule has 0 saturated carbocycles. The predicted molar refractivity (Wildman–Crippen MR) is 125 cm³/mol. The van der Waals surface area contributed by atoms with E-state index in [1.807, 2.05) is 27.7 Å². The van der Waals surface area contributed by atoms with Crippen LogP contribution in [0, 0.1) is 0 Å². The summed E-state index contributed by atoms with van der Waals surface area (Å²) in [5.41, 5.74) is 20.9. The number of hydrogen-bond acceptors (Lipinski definition) is 12. The maximum atomic E-state index is 8.84. The lowest BCUT2D eigenvalue weighted by atomic mass is 10.1. The normalized spacial score (nSPS) is 18.0. The van der Waals surface area contributed by atoms with Crippen LogP contribution >= 0.6 is 0 Å². The predicted octanol–water partition coefficient (Wildman–Crippen LogP) is -3.69. The molecule has 0 aliphatic carbocycles. The molecule has 0 unspecified atom stereocenters. The highest BCUT2D eigenvalue weighted by atomic mass is 16.3. The minimum atomic E-state index is -0.556. The van der Waals surface area contributed by atoms with Gasteiger partial charge in [0.05, 0.1) is 75.0 Å². The van der Waals surface area contributed by atoms with Gasteiger partial charge < -0.3 is 63.8 Å². The fourth-order valence-corrected chi connectivity index (χ4v) is 1.70. The molecular formula is C20H52N4O8. The van der Waals surface area contributed by atoms with Crippen LogP contribution in [0.15, 0.2) is 0 Å². The van der Waals surface area contributed by atoms with E-state index in [1.165, 1.54) is 0 Å². The molecule has 0 heterocycles. The van der Waals surface area contributed by atoms with Gasteiger partial charge in [-0.1, -0.05) is 27.7 Å². The Bertz CT molecular complexity index is 266. The van der Waals surface area contributed by atoms with Crippen molar-refractivity contribution in [1.82, 2.24) is 0 Å². The Balaban J connectivity index is -0.000000163. The molecule has 0 aliphatic rings. The van der Waals surface area contributed by atoms with Gasteiger partial charge in [-0.05, 0) is 25.7 Å². The second-order valence-electron chi connectivity index (χ2n) is 7.29. The Morgan fingerprint density at radius 3 is 0.562 bits per heavy atom. The number of aliphatic hydroxyl groups is 8. The number of aliphatic hydroxyl groups excluding tert-OH is 8. The van der Waals surface area contributed by atoms with Crippen molar-refractivity contribution in [2.24, 2.45) is 22.9 Å². The van der Waals surface area contributed by atoms with E-state index >= 15 is 0 Å². The van der Waals surface area contributed by atoms with Crippen molar-refractivity contribution in [2.75, 3.05) is 26.4 Å². The zero-order valence-electron chi connectivity index (χ0n) is 20.2. The average Bonchev–Trinajstić information content (AvgIpc) is 2.85. The van der Waals surface area contributed by atoms with Gasteiger partial charge in [-0.3, -0.25) is 0 Å². The summed E-state index contributed by atoms with van der Waals surface area (Å²) in [6.07, 6.45) is 0.174. The Labute approximate surface area is 192 Å². The van der Waals surface area contributed by atoms with E-state index in [1.54, 1.807) is 0 Å². The molecule has 16 N–H and O–H groups in total. The minimum Gasteiger partial charge on any atom is -0.395 e. The molecule has 0 bridgehead atoms. The van der Waals surface area contributed by atoms with Crippen LogP contribution in [-0.2, 0) is 0 Å². The molecule has 0 amide bonds. The lowest BCUT2D eigenvalue weighted by Gasteiger charge is -2.12. The van der Waals surface area contributed by atoms with Crippen molar-refractivity contribution in [3.63, 3.8) is 0 Å². The summed E-state index contributed by atoms with van der Waals surface area (Å²) in [6.45, 7) is 6.70. The lowest BCUT2D eigenvalue weighted by Crippen LogP contribution is -2.37. The number of hydrogen-bond donors (Lipinski definition) is 12. The van der Waals surface area contributed by atoms with Gasteiger partial charge in [0, 0.05) is 0 Å². The first-order valence-electron chi connectivity index (χ1n) is 11.1. The van der Waals surface area contributed by atoms with Crippen LogP contribution in [0.2, 0.25) is 0 Å². The first-order valence-corrected chi connectivity index (χ1v) is 11.1. The monoisotopic (exact) mass is 476 g/mol. The number of nitrogens with two attached hydrogens (primary N) is 4. The van der Waals surface area contributed by atoms with Gasteiger partial charge in [0.15, 0.2) is 0 Å². The highest BCUT2D eigenvalue weighted by molar-refractivity contribution is 4.69. The van der Waals surface area contributed by atoms with Crippen LogP contribution in [0.1, 0.15) is 53.4 Å². The Hall–Kier alpha value is -0.480. The van der Waals surface area contributed by atoms with E-state index in [0.29, 0.717) is 25.7 Å². The molecule has 0 spiro atoms. The summed E-state index contributed by atoms with van der Waals surface area (Å²) in [7, 11) is 0. The molecule has 32 heavy (non-hydrogen) atoms. The van der Waals surface area contributed by atoms with Crippen molar-refractivity contribution in [3.05, 3.63) is 0 Å². The van der Waals surface area contributed by atoms with Gasteiger partial charge in [0.1, 0.15) is 0 Å². The average molecular weight is 477 g/mol. The maximum Gasteiger partial charge on any atom is 0.0710 e. The fraction of sp³-hybridized carbons (Fsp3) is 1.00. The van der Waals surface area contributed by atoms with E-state index in [4.69, 9.17) is 63.8 Å². The van der Waals surface area contributed by atoms with Crippen molar-refractivity contribution in [3.8, 4) is 0 Å². The van der Waals surface area contributed by atoms with Gasteiger partial charge in [0.25, 0.3) is 0 Å². The highest BCUT2D eigenvalue weighted by Gasteiger charge is 2.11. The van der Waals surface area contributed by atoms with Crippen LogP contribution in [0.5, 0.6) is 0 Å². The summed E-state index contributed by atoms with van der Waals surface area (Å²) in [5, 5.41) is 68.8. The standard InChI is InChI=1S/4C5H13NO2/c4*1-2-5(8)4(6)3-7/h4*4-5,7-8H,2-3,6H2,1H3/t2*4-,5+;2*4-,5-/m1010/s1. The van der Waals surface area contributed by atoms with Gasteiger partial charge in [0.2, 0.25) is 0 Å². The van der Waals surface area contributed by atoms with E-state index in [-0.39, 0.29) is 26.4 Å². The zero-order valence-corrected chi connectivity index (χ0v) is 20.2. The van der Waals surface area contributed by atoms with Crippen LogP contribution in [-0.4, -0.2) is 116 Å². The van der Waals surface area contributed by atoms with Gasteiger partial charge in [-0.15, -0.1) is 0 Å². The van der Waals surface area contributed by atoms with E-state index in [2.05, 4.69) is 0 Å². The molecule has 12 nitrogen and oxygen atoms in total. The zero-order chi connectivity index (χ0) is 26.3. The second kappa shape index (κ2) is 26.8. The lowest BCUT2D eigenvalue weighted by molar-refractivity contribution is 0.105. The third kappa shape index (κ3) is 24.2. The molecular weight excluding hydrogens is 424 g/mol. The maximum absolute atomic E-state index is 8.84. The van der Waals surface area contributed by atoms with Gasteiger partial charge in [-0.2, -0.15) is 0 Å². The van der Waals surface area contributed by atoms with Gasteiger partial charge >= 0.3 is 0 Å². The summed E-state index contributed by atoms with van der Waals surface area (Å²) >= 11 is 0. The van der Waals surface area contributed by atoms with Crippen LogP contribution < -0.4 is 22.9 Å². The Kier molecular flexibility index (Phi) is 32.4. The van der Waals surface area contributed by atoms with Gasteiger partial charge in [-0.25, -0.2) is 0 Å². The van der Waals surface area contributed by atoms with Crippen LogP contribution in [0.4, 0.5) is 0 Å². The van der Waals surface area contributed by atoms with Crippen molar-refractivity contribution in [2.45, 2.75) is 102 Å². The summed E-state index contributed by atoms with van der Waals surface area (Å²) in [4.78, 5) is 0.